The molecule has 2 N–H and O–H groups in total. The zero-order valence-corrected chi connectivity index (χ0v) is 22.8. The third kappa shape index (κ3) is 6.55. The number of fused-ring (bicyclic) bond motifs is 7. The zero-order chi connectivity index (χ0) is 28.2. The summed E-state index contributed by atoms with van der Waals surface area (Å²) < 4.78 is 14.0. The van der Waals surface area contributed by atoms with Gasteiger partial charge in [0.15, 0.2) is 6.61 Å². The lowest BCUT2D eigenvalue weighted by Crippen LogP contribution is -2.56. The Morgan fingerprint density at radius 2 is 1.83 bits per heavy atom. The number of hydrogen-bond acceptors (Lipinski definition) is 7. The molecule has 10 heteroatoms. The second kappa shape index (κ2) is 11.8. The molecule has 6 bridgehead atoms. The van der Waals surface area contributed by atoms with Gasteiger partial charge in [-0.2, -0.15) is 5.10 Å². The Hall–Kier alpha value is -4.70. The van der Waals surface area contributed by atoms with Crippen molar-refractivity contribution in [2.75, 3.05) is 19.7 Å². The fraction of sp³-hybridized carbons (Fsp3) is 0.290. The topological polar surface area (TPSA) is 111 Å². The van der Waals surface area contributed by atoms with Gasteiger partial charge in [-0.1, -0.05) is 24.3 Å². The molecule has 2 amide bonds. The van der Waals surface area contributed by atoms with Gasteiger partial charge in [-0.3, -0.25) is 24.2 Å². The van der Waals surface area contributed by atoms with E-state index in [4.69, 9.17) is 9.47 Å². The number of benzene rings is 2. The summed E-state index contributed by atoms with van der Waals surface area (Å²) in [6.07, 6.45) is 7.69. The van der Waals surface area contributed by atoms with Crippen molar-refractivity contribution in [2.24, 2.45) is 7.05 Å². The molecule has 0 unspecified atom stereocenters. The van der Waals surface area contributed by atoms with Crippen LogP contribution in [0, 0.1) is 0 Å². The first kappa shape index (κ1) is 26.5. The maximum atomic E-state index is 13.6. The molecule has 41 heavy (non-hydrogen) atoms. The van der Waals surface area contributed by atoms with Crippen molar-refractivity contribution in [3.63, 3.8) is 0 Å². The molecule has 1 saturated heterocycles. The number of likely N-dealkylation sites (tertiary alicyclic amines) is 1. The summed E-state index contributed by atoms with van der Waals surface area (Å²) in [5.41, 5.74) is 4.13. The van der Waals surface area contributed by atoms with Gasteiger partial charge in [0.25, 0.3) is 11.8 Å². The fourth-order valence-electron chi connectivity index (χ4n) is 5.23. The largest absolute Gasteiger partial charge is 0.488 e. The Kier molecular flexibility index (Phi) is 7.64. The molecule has 0 spiro atoms. The second-order valence-corrected chi connectivity index (χ2v) is 10.5. The highest BCUT2D eigenvalue weighted by atomic mass is 16.5. The molecule has 3 aliphatic heterocycles. The van der Waals surface area contributed by atoms with Gasteiger partial charge in [-0.05, 0) is 47.9 Å². The first-order chi connectivity index (χ1) is 20.0. The van der Waals surface area contributed by atoms with Gasteiger partial charge in [-0.15, -0.1) is 0 Å². The van der Waals surface area contributed by atoms with Crippen molar-refractivity contribution in [1.82, 2.24) is 30.3 Å². The van der Waals surface area contributed by atoms with Crippen LogP contribution < -0.4 is 20.1 Å². The minimum absolute atomic E-state index is 0.105. The quantitative estimate of drug-likeness (QED) is 0.394. The highest BCUT2D eigenvalue weighted by Gasteiger charge is 2.32. The summed E-state index contributed by atoms with van der Waals surface area (Å²) in [4.78, 5) is 32.6. The van der Waals surface area contributed by atoms with Crippen molar-refractivity contribution < 1.29 is 19.1 Å². The van der Waals surface area contributed by atoms with Crippen molar-refractivity contribution in [3.05, 3.63) is 96.1 Å². The number of piperidine rings is 1. The Labute approximate surface area is 238 Å². The average molecular weight is 553 g/mol. The molecule has 210 valence electrons. The molecule has 2 aromatic carbocycles. The van der Waals surface area contributed by atoms with Crippen molar-refractivity contribution >= 4 is 11.8 Å². The van der Waals surface area contributed by atoms with E-state index in [-0.39, 0.29) is 30.6 Å². The first-order valence-corrected chi connectivity index (χ1v) is 13.7. The number of hydrogen-bond donors (Lipinski definition) is 2. The Balaban J connectivity index is 1.29. The van der Waals surface area contributed by atoms with Gasteiger partial charge in [0.05, 0.1) is 17.8 Å². The minimum Gasteiger partial charge on any atom is -0.488 e. The van der Waals surface area contributed by atoms with Crippen LogP contribution in [0.25, 0.3) is 11.1 Å². The summed E-state index contributed by atoms with van der Waals surface area (Å²) in [5, 5.41) is 10.4. The monoisotopic (exact) mass is 552 g/mol. The molecule has 0 aliphatic carbocycles. The van der Waals surface area contributed by atoms with E-state index < -0.39 is 0 Å². The van der Waals surface area contributed by atoms with E-state index in [2.05, 4.69) is 25.6 Å². The third-order valence-electron chi connectivity index (χ3n) is 7.35. The Morgan fingerprint density at radius 1 is 0.976 bits per heavy atom. The number of aromatic nitrogens is 3. The number of nitrogens with one attached hydrogen (secondary N) is 2. The molecule has 2 aromatic heterocycles. The summed E-state index contributed by atoms with van der Waals surface area (Å²) in [6.45, 7) is 2.47. The smallest absolute Gasteiger partial charge is 0.258 e. The van der Waals surface area contributed by atoms with E-state index in [9.17, 15) is 9.59 Å². The number of pyridine rings is 1. The molecule has 4 aromatic rings. The van der Waals surface area contributed by atoms with E-state index in [1.807, 2.05) is 68.0 Å². The minimum atomic E-state index is -0.252. The molecule has 2 atom stereocenters. The van der Waals surface area contributed by atoms with Crippen molar-refractivity contribution in [3.8, 4) is 22.6 Å². The molecular weight excluding hydrogens is 520 g/mol. The van der Waals surface area contributed by atoms with Crippen LogP contribution in [0.5, 0.6) is 11.5 Å². The predicted molar refractivity (Wildman–Crippen MR) is 152 cm³/mol. The fourth-order valence-corrected chi connectivity index (χ4v) is 5.23. The molecule has 3 aliphatic rings. The van der Waals surface area contributed by atoms with Gasteiger partial charge in [0.1, 0.15) is 17.6 Å². The number of carbonyl (C=O) groups is 2. The van der Waals surface area contributed by atoms with Crippen LogP contribution >= 0.6 is 0 Å². The van der Waals surface area contributed by atoms with Crippen LogP contribution in [0.2, 0.25) is 0 Å². The number of carbonyl (C=O) groups excluding carboxylic acids is 2. The molecule has 5 heterocycles. The number of rotatable bonds is 2. The molecular formula is C31H32N6O4. The number of ether oxygens (including phenoxy) is 2. The first-order valence-electron chi connectivity index (χ1n) is 13.7. The number of aryl methyl sites for hydroxylation is 1. The summed E-state index contributed by atoms with van der Waals surface area (Å²) in [6, 6.07) is 16.6. The van der Waals surface area contributed by atoms with Gasteiger partial charge in [0, 0.05) is 62.9 Å². The van der Waals surface area contributed by atoms with Crippen LogP contribution in [0.1, 0.15) is 27.9 Å². The number of nitrogens with zero attached hydrogens (tertiary/aromatic N) is 4. The van der Waals surface area contributed by atoms with E-state index in [1.54, 1.807) is 23.1 Å². The van der Waals surface area contributed by atoms with Gasteiger partial charge in [-0.25, -0.2) is 0 Å². The molecule has 1 fully saturated rings. The van der Waals surface area contributed by atoms with Crippen LogP contribution in [0.15, 0.2) is 79.4 Å². The average Bonchev–Trinajstić information content (AvgIpc) is 3.41. The molecule has 0 radical (unpaired) electrons. The maximum Gasteiger partial charge on any atom is 0.258 e. The molecule has 0 saturated carbocycles. The predicted octanol–water partition coefficient (Wildman–Crippen LogP) is 2.94. The van der Waals surface area contributed by atoms with Gasteiger partial charge >= 0.3 is 0 Å². The summed E-state index contributed by atoms with van der Waals surface area (Å²) >= 11 is 0. The van der Waals surface area contributed by atoms with Gasteiger partial charge < -0.3 is 20.1 Å². The second-order valence-electron chi connectivity index (χ2n) is 10.5. The number of amides is 2. The van der Waals surface area contributed by atoms with E-state index in [0.717, 1.165) is 41.8 Å². The van der Waals surface area contributed by atoms with Crippen LogP contribution in [0.3, 0.4) is 0 Å². The Morgan fingerprint density at radius 3 is 2.66 bits per heavy atom. The van der Waals surface area contributed by atoms with Crippen molar-refractivity contribution in [1.29, 1.82) is 0 Å². The highest BCUT2D eigenvalue weighted by molar-refractivity contribution is 5.95. The van der Waals surface area contributed by atoms with Crippen LogP contribution in [0.4, 0.5) is 0 Å². The van der Waals surface area contributed by atoms with E-state index in [1.165, 1.54) is 0 Å². The lowest BCUT2D eigenvalue weighted by atomic mass is 10.00. The highest BCUT2D eigenvalue weighted by Crippen LogP contribution is 2.25. The SMILES string of the molecule is Cn1cc(CN2CC[C@@H]3Oc4ccc(cc4)CNC(=O)COc4cccc(c4)-c4cncc(c4)C(=O)N[C@@H]3C2)cn1. The van der Waals surface area contributed by atoms with Crippen LogP contribution in [-0.4, -0.2) is 63.3 Å². The standard InChI is InChI=1S/C31H32N6O4/c1-36-17-22(14-34-36)18-37-10-9-29-28(19-37)35-31(39)25-11-24(15-32-16-25)23-3-2-4-27(12-23)40-20-30(38)33-13-21-5-7-26(41-29)8-6-21/h2-8,11-12,14-17,28-29H,9-10,13,18-20H2,1H3,(H,33,38)(H,35,39)/t28-,29+/m1/s1. The lowest BCUT2D eigenvalue weighted by Gasteiger charge is -2.38. The lowest BCUT2D eigenvalue weighted by molar-refractivity contribution is -0.123. The normalized spacial score (nSPS) is 19.7. The molecule has 7 rings (SSSR count). The maximum absolute atomic E-state index is 13.6. The molecule has 10 nitrogen and oxygen atoms in total. The summed E-state index contributed by atoms with van der Waals surface area (Å²) in [5.74, 6) is 0.841. The van der Waals surface area contributed by atoms with Crippen LogP contribution in [-0.2, 0) is 24.9 Å². The third-order valence-corrected chi connectivity index (χ3v) is 7.35. The Bertz CT molecular complexity index is 1540. The van der Waals surface area contributed by atoms with Gasteiger partial charge in [0.2, 0.25) is 0 Å². The zero-order valence-electron chi connectivity index (χ0n) is 22.8. The van der Waals surface area contributed by atoms with E-state index >= 15 is 0 Å². The van der Waals surface area contributed by atoms with E-state index in [0.29, 0.717) is 30.2 Å². The summed E-state index contributed by atoms with van der Waals surface area (Å²) in [7, 11) is 1.91. The van der Waals surface area contributed by atoms with Crippen molar-refractivity contribution in [2.45, 2.75) is 31.7 Å².